The Morgan fingerprint density at radius 3 is 2.93 bits per heavy atom. The van der Waals surface area contributed by atoms with Gasteiger partial charge in [-0.25, -0.2) is 0 Å². The molecule has 78 valence electrons. The third kappa shape index (κ3) is 2.57. The Bertz CT molecular complexity index is 302. The summed E-state index contributed by atoms with van der Waals surface area (Å²) in [6, 6.07) is 2.67. The van der Waals surface area contributed by atoms with Gasteiger partial charge in [-0.1, -0.05) is 0 Å². The molecule has 1 saturated carbocycles. The van der Waals surface area contributed by atoms with E-state index in [4.69, 9.17) is 0 Å². The van der Waals surface area contributed by atoms with Crippen LogP contribution >= 0.6 is 27.3 Å². The Kier molecular flexibility index (Phi) is 3.27. The molecule has 1 heterocycles. The molecule has 4 heteroatoms. The van der Waals surface area contributed by atoms with Crippen molar-refractivity contribution in [3.63, 3.8) is 0 Å². The van der Waals surface area contributed by atoms with Gasteiger partial charge < -0.3 is 10.4 Å². The number of aryl methyl sites for hydroxylation is 1. The monoisotopic (exact) mass is 275 g/mol. The molecule has 1 aliphatic rings. The van der Waals surface area contributed by atoms with Gasteiger partial charge in [0.15, 0.2) is 0 Å². The highest BCUT2D eigenvalue weighted by atomic mass is 79.9. The van der Waals surface area contributed by atoms with E-state index in [1.54, 1.807) is 11.3 Å². The van der Waals surface area contributed by atoms with Gasteiger partial charge in [0.05, 0.1) is 0 Å². The molecule has 1 fully saturated rings. The lowest BCUT2D eigenvalue weighted by molar-refractivity contribution is 0.178. The molecule has 0 radical (unpaired) electrons. The van der Waals surface area contributed by atoms with Gasteiger partial charge in [0, 0.05) is 26.8 Å². The average molecular weight is 276 g/mol. The first kappa shape index (κ1) is 10.6. The number of thiophene rings is 1. The summed E-state index contributed by atoms with van der Waals surface area (Å²) in [4.78, 5) is 2.27. The van der Waals surface area contributed by atoms with Gasteiger partial charge in [-0.15, -0.1) is 11.3 Å². The Balaban J connectivity index is 1.91. The average Bonchev–Trinajstić information content (AvgIpc) is 2.91. The van der Waals surface area contributed by atoms with Crippen LogP contribution in [0.25, 0.3) is 0 Å². The molecule has 2 nitrogen and oxygen atoms in total. The molecular weight excluding hydrogens is 262 g/mol. The van der Waals surface area contributed by atoms with Crippen molar-refractivity contribution in [2.45, 2.75) is 31.9 Å². The van der Waals surface area contributed by atoms with E-state index in [0.29, 0.717) is 12.6 Å². The van der Waals surface area contributed by atoms with E-state index in [9.17, 15) is 5.11 Å². The summed E-state index contributed by atoms with van der Waals surface area (Å²) in [6.07, 6.45) is 2.17. The molecule has 0 aliphatic heterocycles. The topological polar surface area (TPSA) is 32.3 Å². The van der Waals surface area contributed by atoms with Crippen LogP contribution in [0.3, 0.4) is 0 Å². The van der Waals surface area contributed by atoms with Crippen molar-refractivity contribution in [1.82, 2.24) is 5.32 Å². The SMILES string of the molecule is Cc1sc(C(O)CNC2CC2)cc1Br. The lowest BCUT2D eigenvalue weighted by atomic mass is 10.3. The second-order valence-electron chi connectivity index (χ2n) is 3.75. The van der Waals surface area contributed by atoms with Crippen molar-refractivity contribution in [3.8, 4) is 0 Å². The predicted molar refractivity (Wildman–Crippen MR) is 62.7 cm³/mol. The Morgan fingerprint density at radius 2 is 2.43 bits per heavy atom. The van der Waals surface area contributed by atoms with Gasteiger partial charge in [-0.05, 0) is 41.8 Å². The summed E-state index contributed by atoms with van der Waals surface area (Å²) in [5.74, 6) is 0. The first-order chi connectivity index (χ1) is 6.66. The molecule has 1 aromatic rings. The van der Waals surface area contributed by atoms with Gasteiger partial charge in [0.1, 0.15) is 6.10 Å². The minimum Gasteiger partial charge on any atom is -0.386 e. The molecule has 0 aromatic carbocycles. The molecule has 1 aliphatic carbocycles. The van der Waals surface area contributed by atoms with Gasteiger partial charge in [0.2, 0.25) is 0 Å². The van der Waals surface area contributed by atoms with Gasteiger partial charge in [-0.2, -0.15) is 0 Å². The summed E-state index contributed by atoms with van der Waals surface area (Å²) < 4.78 is 1.10. The van der Waals surface area contributed by atoms with Crippen molar-refractivity contribution in [2.24, 2.45) is 0 Å². The van der Waals surface area contributed by atoms with Gasteiger partial charge >= 0.3 is 0 Å². The summed E-state index contributed by atoms with van der Waals surface area (Å²) >= 11 is 5.11. The second kappa shape index (κ2) is 4.31. The molecule has 1 unspecified atom stereocenters. The highest BCUT2D eigenvalue weighted by Crippen LogP contribution is 2.30. The van der Waals surface area contributed by atoms with Crippen LogP contribution in [0.15, 0.2) is 10.5 Å². The number of rotatable bonds is 4. The molecule has 0 saturated heterocycles. The Hall–Kier alpha value is 0.100. The molecule has 0 bridgehead atoms. The summed E-state index contributed by atoms with van der Waals surface area (Å²) in [5, 5.41) is 13.2. The maximum atomic E-state index is 9.86. The first-order valence-electron chi connectivity index (χ1n) is 4.84. The lowest BCUT2D eigenvalue weighted by Crippen LogP contribution is -2.22. The lowest BCUT2D eigenvalue weighted by Gasteiger charge is -2.08. The van der Waals surface area contributed by atoms with Crippen LogP contribution in [0.2, 0.25) is 0 Å². The zero-order valence-electron chi connectivity index (χ0n) is 8.09. The van der Waals surface area contributed by atoms with E-state index < -0.39 is 0 Å². The van der Waals surface area contributed by atoms with Crippen LogP contribution in [0.5, 0.6) is 0 Å². The maximum absolute atomic E-state index is 9.86. The van der Waals surface area contributed by atoms with Crippen LogP contribution < -0.4 is 5.32 Å². The van der Waals surface area contributed by atoms with E-state index in [1.807, 2.05) is 6.07 Å². The van der Waals surface area contributed by atoms with Crippen molar-refractivity contribution < 1.29 is 5.11 Å². The van der Waals surface area contributed by atoms with Gasteiger partial charge in [-0.3, -0.25) is 0 Å². The van der Waals surface area contributed by atoms with Crippen LogP contribution in [0.1, 0.15) is 28.7 Å². The minimum atomic E-state index is -0.356. The zero-order valence-corrected chi connectivity index (χ0v) is 10.5. The fraction of sp³-hybridized carbons (Fsp3) is 0.600. The van der Waals surface area contributed by atoms with E-state index >= 15 is 0 Å². The number of halogens is 1. The third-order valence-corrected chi connectivity index (χ3v) is 4.62. The van der Waals surface area contributed by atoms with Gasteiger partial charge in [0.25, 0.3) is 0 Å². The van der Waals surface area contributed by atoms with Crippen molar-refractivity contribution >= 4 is 27.3 Å². The molecule has 14 heavy (non-hydrogen) atoms. The highest BCUT2D eigenvalue weighted by molar-refractivity contribution is 9.10. The van der Waals surface area contributed by atoms with E-state index in [0.717, 1.165) is 9.35 Å². The molecule has 1 atom stereocenters. The zero-order chi connectivity index (χ0) is 10.1. The molecule has 0 spiro atoms. The number of aliphatic hydroxyl groups excluding tert-OH is 1. The number of nitrogens with one attached hydrogen (secondary N) is 1. The van der Waals surface area contributed by atoms with Crippen LogP contribution in [0, 0.1) is 6.92 Å². The summed E-state index contributed by atoms with van der Waals surface area (Å²) in [6.45, 7) is 2.73. The fourth-order valence-electron chi connectivity index (χ4n) is 1.31. The van der Waals surface area contributed by atoms with E-state index in [-0.39, 0.29) is 6.10 Å². The maximum Gasteiger partial charge on any atom is 0.101 e. The number of hydrogen-bond acceptors (Lipinski definition) is 3. The first-order valence-corrected chi connectivity index (χ1v) is 6.45. The second-order valence-corrected chi connectivity index (χ2v) is 5.89. The minimum absolute atomic E-state index is 0.356. The van der Waals surface area contributed by atoms with Crippen molar-refractivity contribution in [1.29, 1.82) is 0 Å². The smallest absolute Gasteiger partial charge is 0.101 e. The van der Waals surface area contributed by atoms with Crippen molar-refractivity contribution in [3.05, 3.63) is 20.3 Å². The van der Waals surface area contributed by atoms with Crippen molar-refractivity contribution in [2.75, 3.05) is 6.54 Å². The molecule has 2 rings (SSSR count). The van der Waals surface area contributed by atoms with E-state index in [1.165, 1.54) is 17.7 Å². The molecule has 1 aromatic heterocycles. The standard InChI is InChI=1S/C10H14BrNOS/c1-6-8(11)4-10(14-6)9(13)5-12-7-2-3-7/h4,7,9,12-13H,2-3,5H2,1H3. The fourth-order valence-corrected chi connectivity index (χ4v) is 2.86. The normalized spacial score (nSPS) is 18.5. The quantitative estimate of drug-likeness (QED) is 0.886. The summed E-state index contributed by atoms with van der Waals surface area (Å²) in [5.41, 5.74) is 0. The summed E-state index contributed by atoms with van der Waals surface area (Å²) in [7, 11) is 0. The van der Waals surface area contributed by atoms with Crippen LogP contribution in [0.4, 0.5) is 0 Å². The number of hydrogen-bond donors (Lipinski definition) is 2. The third-order valence-electron chi connectivity index (χ3n) is 2.38. The van der Waals surface area contributed by atoms with Crippen LogP contribution in [-0.2, 0) is 0 Å². The molecule has 0 amide bonds. The molecule has 2 N–H and O–H groups in total. The Morgan fingerprint density at radius 1 is 1.71 bits per heavy atom. The largest absolute Gasteiger partial charge is 0.386 e. The highest BCUT2D eigenvalue weighted by Gasteiger charge is 2.22. The predicted octanol–water partition coefficient (Wildman–Crippen LogP) is 2.60. The number of aliphatic hydroxyl groups is 1. The molecular formula is C10H14BrNOS. The van der Waals surface area contributed by atoms with E-state index in [2.05, 4.69) is 28.2 Å². The Labute approximate surface area is 96.5 Å². The van der Waals surface area contributed by atoms with Crippen LogP contribution in [-0.4, -0.2) is 17.7 Å².